The molecule has 1 aliphatic rings. The van der Waals surface area contributed by atoms with Crippen LogP contribution in [-0.2, 0) is 19.4 Å². The number of H-pyrrole nitrogens is 1. The SMILES string of the molecule is CN(Cc1ccccc1)C1CCc2[nH]n(-c3ncccn3)c(=O)c2C1. The highest BCUT2D eigenvalue weighted by atomic mass is 16.1. The first kappa shape index (κ1) is 15.8. The van der Waals surface area contributed by atoms with E-state index in [9.17, 15) is 4.79 Å². The molecule has 1 atom stereocenters. The number of fused-ring (bicyclic) bond motifs is 1. The molecule has 6 heteroatoms. The summed E-state index contributed by atoms with van der Waals surface area (Å²) >= 11 is 0. The number of nitrogens with zero attached hydrogens (tertiary/aromatic N) is 4. The van der Waals surface area contributed by atoms with Crippen molar-refractivity contribution in [3.05, 3.63) is 76.0 Å². The van der Waals surface area contributed by atoms with E-state index in [0.29, 0.717) is 12.0 Å². The van der Waals surface area contributed by atoms with Crippen molar-refractivity contribution in [3.63, 3.8) is 0 Å². The van der Waals surface area contributed by atoms with Gasteiger partial charge in [0.1, 0.15) is 0 Å². The minimum atomic E-state index is -0.0287. The molecule has 1 N–H and O–H groups in total. The van der Waals surface area contributed by atoms with Gasteiger partial charge >= 0.3 is 0 Å². The summed E-state index contributed by atoms with van der Waals surface area (Å²) in [6.07, 6.45) is 5.95. The first-order valence-corrected chi connectivity index (χ1v) is 8.56. The summed E-state index contributed by atoms with van der Waals surface area (Å²) in [5.74, 6) is 0.399. The molecular formula is C19H21N5O. The monoisotopic (exact) mass is 335 g/mol. The lowest BCUT2D eigenvalue weighted by atomic mass is 9.92. The summed E-state index contributed by atoms with van der Waals surface area (Å²) in [5.41, 5.74) is 3.14. The van der Waals surface area contributed by atoms with Crippen molar-refractivity contribution in [2.45, 2.75) is 31.8 Å². The molecule has 3 aromatic rings. The zero-order chi connectivity index (χ0) is 17.2. The van der Waals surface area contributed by atoms with Gasteiger partial charge in [0.05, 0.1) is 0 Å². The third kappa shape index (κ3) is 3.13. The normalized spacial score (nSPS) is 16.8. The molecule has 128 valence electrons. The summed E-state index contributed by atoms with van der Waals surface area (Å²) < 4.78 is 1.46. The van der Waals surface area contributed by atoms with Crippen LogP contribution in [0.2, 0.25) is 0 Å². The van der Waals surface area contributed by atoms with Crippen LogP contribution in [0.15, 0.2) is 53.6 Å². The van der Waals surface area contributed by atoms with Gasteiger partial charge in [-0.05, 0) is 37.9 Å². The summed E-state index contributed by atoms with van der Waals surface area (Å²) in [7, 11) is 2.13. The Bertz CT molecular complexity index is 901. The van der Waals surface area contributed by atoms with Gasteiger partial charge in [-0.15, -0.1) is 0 Å². The van der Waals surface area contributed by atoms with Gasteiger partial charge < -0.3 is 0 Å². The number of hydrogen-bond acceptors (Lipinski definition) is 4. The van der Waals surface area contributed by atoms with E-state index in [4.69, 9.17) is 0 Å². The maximum Gasteiger partial charge on any atom is 0.277 e. The molecule has 0 amide bonds. The number of hydrogen-bond donors (Lipinski definition) is 1. The largest absolute Gasteiger partial charge is 0.299 e. The highest BCUT2D eigenvalue weighted by molar-refractivity contribution is 5.26. The first-order valence-electron chi connectivity index (χ1n) is 8.56. The molecule has 0 saturated carbocycles. The molecule has 0 spiro atoms. The number of rotatable bonds is 4. The molecule has 1 unspecified atom stereocenters. The van der Waals surface area contributed by atoms with E-state index in [1.165, 1.54) is 10.2 Å². The van der Waals surface area contributed by atoms with E-state index in [0.717, 1.165) is 37.1 Å². The molecule has 0 aliphatic heterocycles. The van der Waals surface area contributed by atoms with Gasteiger partial charge in [0, 0.05) is 36.2 Å². The second-order valence-corrected chi connectivity index (χ2v) is 6.56. The third-order valence-corrected chi connectivity index (χ3v) is 4.89. The maximum absolute atomic E-state index is 12.8. The van der Waals surface area contributed by atoms with Crippen molar-refractivity contribution in [1.82, 2.24) is 24.6 Å². The minimum Gasteiger partial charge on any atom is -0.299 e. The first-order chi connectivity index (χ1) is 12.2. The fourth-order valence-electron chi connectivity index (χ4n) is 3.51. The van der Waals surface area contributed by atoms with Gasteiger partial charge in [-0.3, -0.25) is 14.8 Å². The number of likely N-dealkylation sites (N-methyl/N-ethyl adjacent to an activating group) is 1. The Morgan fingerprint density at radius 3 is 2.72 bits per heavy atom. The van der Waals surface area contributed by atoms with Crippen LogP contribution in [0.5, 0.6) is 0 Å². The van der Waals surface area contributed by atoms with Gasteiger partial charge in [-0.1, -0.05) is 30.3 Å². The molecule has 0 radical (unpaired) electrons. The van der Waals surface area contributed by atoms with Crippen LogP contribution in [0, 0.1) is 0 Å². The van der Waals surface area contributed by atoms with E-state index in [-0.39, 0.29) is 5.56 Å². The maximum atomic E-state index is 12.8. The van der Waals surface area contributed by atoms with Crippen LogP contribution in [0.3, 0.4) is 0 Å². The molecule has 25 heavy (non-hydrogen) atoms. The third-order valence-electron chi connectivity index (χ3n) is 4.89. The van der Waals surface area contributed by atoms with E-state index in [1.807, 2.05) is 6.07 Å². The Hall–Kier alpha value is -2.73. The molecule has 0 saturated heterocycles. The Morgan fingerprint density at radius 2 is 1.96 bits per heavy atom. The average Bonchev–Trinajstić information content (AvgIpc) is 2.99. The Kier molecular flexibility index (Phi) is 4.19. The fraction of sp³-hybridized carbons (Fsp3) is 0.316. The van der Waals surface area contributed by atoms with Crippen molar-refractivity contribution in [3.8, 4) is 5.95 Å². The molecule has 0 bridgehead atoms. The molecule has 1 aromatic carbocycles. The van der Waals surface area contributed by atoms with Crippen LogP contribution in [-0.4, -0.2) is 37.7 Å². The van der Waals surface area contributed by atoms with E-state index >= 15 is 0 Å². The summed E-state index contributed by atoms with van der Waals surface area (Å²) in [6.45, 7) is 0.890. The molecular weight excluding hydrogens is 314 g/mol. The van der Waals surface area contributed by atoms with Crippen LogP contribution in [0.1, 0.15) is 23.2 Å². The smallest absolute Gasteiger partial charge is 0.277 e. The highest BCUT2D eigenvalue weighted by Gasteiger charge is 2.27. The number of aromatic nitrogens is 4. The van der Waals surface area contributed by atoms with Crippen molar-refractivity contribution in [1.29, 1.82) is 0 Å². The molecule has 2 aromatic heterocycles. The number of aromatic amines is 1. The van der Waals surface area contributed by atoms with Crippen LogP contribution in [0.4, 0.5) is 0 Å². The van der Waals surface area contributed by atoms with Crippen molar-refractivity contribution >= 4 is 0 Å². The standard InChI is InChI=1S/C19H21N5O/c1-23(13-14-6-3-2-4-7-14)15-8-9-17-16(12-15)18(25)24(22-17)19-20-10-5-11-21-19/h2-7,10-11,15,22H,8-9,12-13H2,1H3. The van der Waals surface area contributed by atoms with Crippen LogP contribution >= 0.6 is 0 Å². The second-order valence-electron chi connectivity index (χ2n) is 6.56. The Balaban J connectivity index is 1.55. The number of nitrogens with one attached hydrogen (secondary N) is 1. The quantitative estimate of drug-likeness (QED) is 0.791. The lowest BCUT2D eigenvalue weighted by Crippen LogP contribution is -2.37. The van der Waals surface area contributed by atoms with Gasteiger partial charge in [0.2, 0.25) is 0 Å². The van der Waals surface area contributed by atoms with Crippen molar-refractivity contribution in [2.75, 3.05) is 7.05 Å². The zero-order valence-corrected chi connectivity index (χ0v) is 14.2. The lowest BCUT2D eigenvalue weighted by Gasteiger charge is -2.30. The molecule has 1 aliphatic carbocycles. The Labute approximate surface area is 146 Å². The minimum absolute atomic E-state index is 0.0287. The van der Waals surface area contributed by atoms with Crippen LogP contribution in [0.25, 0.3) is 5.95 Å². The number of aryl methyl sites for hydroxylation is 1. The zero-order valence-electron chi connectivity index (χ0n) is 14.2. The molecule has 4 rings (SSSR count). The van der Waals surface area contributed by atoms with Gasteiger partial charge in [-0.2, -0.15) is 4.68 Å². The predicted octanol–water partition coefficient (Wildman–Crippen LogP) is 1.94. The Morgan fingerprint density at radius 1 is 1.20 bits per heavy atom. The summed E-state index contributed by atoms with van der Waals surface area (Å²) in [6, 6.07) is 12.5. The fourth-order valence-corrected chi connectivity index (χ4v) is 3.51. The van der Waals surface area contributed by atoms with Crippen molar-refractivity contribution < 1.29 is 0 Å². The van der Waals surface area contributed by atoms with Gasteiger partial charge in [0.25, 0.3) is 11.5 Å². The molecule has 2 heterocycles. The van der Waals surface area contributed by atoms with E-state index in [2.05, 4.69) is 51.3 Å². The predicted molar refractivity (Wildman–Crippen MR) is 95.7 cm³/mol. The molecule has 0 fully saturated rings. The average molecular weight is 335 g/mol. The van der Waals surface area contributed by atoms with E-state index < -0.39 is 0 Å². The van der Waals surface area contributed by atoms with Gasteiger partial charge in [-0.25, -0.2) is 9.97 Å². The topological polar surface area (TPSA) is 66.8 Å². The van der Waals surface area contributed by atoms with Crippen molar-refractivity contribution in [2.24, 2.45) is 0 Å². The number of benzene rings is 1. The lowest BCUT2D eigenvalue weighted by molar-refractivity contribution is 0.213. The summed E-state index contributed by atoms with van der Waals surface area (Å²) in [4.78, 5) is 23.5. The highest BCUT2D eigenvalue weighted by Crippen LogP contribution is 2.22. The van der Waals surface area contributed by atoms with Crippen LogP contribution < -0.4 is 5.56 Å². The summed E-state index contributed by atoms with van der Waals surface area (Å²) in [5, 5.41) is 3.19. The van der Waals surface area contributed by atoms with E-state index in [1.54, 1.807) is 18.5 Å². The second kappa shape index (κ2) is 6.64. The molecule has 6 nitrogen and oxygen atoms in total. The van der Waals surface area contributed by atoms with Gasteiger partial charge in [0.15, 0.2) is 0 Å².